The van der Waals surface area contributed by atoms with E-state index in [9.17, 15) is 4.79 Å². The van der Waals surface area contributed by atoms with Gasteiger partial charge in [0.25, 0.3) is 5.91 Å². The number of nitrogen functional groups attached to an aromatic ring is 1. The SMILES string of the molecule is Cc1cccc(-n2nnc(C(=O)Nc3ccc(C)c(C)c3)c2N)c1. The van der Waals surface area contributed by atoms with Crippen molar-refractivity contribution in [1.82, 2.24) is 15.0 Å². The molecule has 2 aromatic carbocycles. The average molecular weight is 321 g/mol. The van der Waals surface area contributed by atoms with Gasteiger partial charge in [-0.25, -0.2) is 0 Å². The highest BCUT2D eigenvalue weighted by molar-refractivity contribution is 6.05. The van der Waals surface area contributed by atoms with Crippen molar-refractivity contribution < 1.29 is 4.79 Å². The van der Waals surface area contributed by atoms with Gasteiger partial charge in [-0.3, -0.25) is 4.79 Å². The summed E-state index contributed by atoms with van der Waals surface area (Å²) in [4.78, 5) is 12.4. The highest BCUT2D eigenvalue weighted by atomic mass is 16.2. The third kappa shape index (κ3) is 2.99. The predicted octanol–water partition coefficient (Wildman–Crippen LogP) is 3.03. The summed E-state index contributed by atoms with van der Waals surface area (Å²) in [5.74, 6) is -0.170. The van der Waals surface area contributed by atoms with Crippen molar-refractivity contribution in [3.05, 3.63) is 64.8 Å². The Labute approximate surface area is 140 Å². The predicted molar refractivity (Wildman–Crippen MR) is 94.4 cm³/mol. The lowest BCUT2D eigenvalue weighted by atomic mass is 10.1. The minimum atomic E-state index is -0.380. The van der Waals surface area contributed by atoms with Crippen molar-refractivity contribution in [1.29, 1.82) is 0 Å². The lowest BCUT2D eigenvalue weighted by Gasteiger charge is -2.07. The van der Waals surface area contributed by atoms with Gasteiger partial charge in [0.1, 0.15) is 0 Å². The van der Waals surface area contributed by atoms with Crippen LogP contribution in [0.25, 0.3) is 5.69 Å². The van der Waals surface area contributed by atoms with E-state index in [0.717, 1.165) is 22.4 Å². The second kappa shape index (κ2) is 6.16. The minimum absolute atomic E-state index is 0.106. The molecule has 0 bridgehead atoms. The minimum Gasteiger partial charge on any atom is -0.382 e. The summed E-state index contributed by atoms with van der Waals surface area (Å²) in [5.41, 5.74) is 11.0. The van der Waals surface area contributed by atoms with Crippen LogP contribution in [0.4, 0.5) is 11.5 Å². The zero-order valence-electron chi connectivity index (χ0n) is 13.9. The zero-order chi connectivity index (χ0) is 17.3. The molecule has 6 heteroatoms. The Bertz CT molecular complexity index is 914. The van der Waals surface area contributed by atoms with Crippen LogP contribution in [-0.4, -0.2) is 20.9 Å². The molecule has 0 atom stereocenters. The largest absolute Gasteiger partial charge is 0.382 e. The molecule has 1 aromatic heterocycles. The Morgan fingerprint density at radius 3 is 2.58 bits per heavy atom. The third-order valence-electron chi connectivity index (χ3n) is 3.93. The second-order valence-electron chi connectivity index (χ2n) is 5.83. The van der Waals surface area contributed by atoms with Gasteiger partial charge in [-0.15, -0.1) is 5.10 Å². The van der Waals surface area contributed by atoms with Crippen LogP contribution in [-0.2, 0) is 0 Å². The van der Waals surface area contributed by atoms with E-state index in [4.69, 9.17) is 5.73 Å². The van der Waals surface area contributed by atoms with E-state index in [1.54, 1.807) is 0 Å². The number of nitrogens with two attached hydrogens (primary N) is 1. The molecule has 0 aliphatic heterocycles. The van der Waals surface area contributed by atoms with Gasteiger partial charge in [0.15, 0.2) is 11.5 Å². The summed E-state index contributed by atoms with van der Waals surface area (Å²) >= 11 is 0. The van der Waals surface area contributed by atoms with Gasteiger partial charge >= 0.3 is 0 Å². The summed E-state index contributed by atoms with van der Waals surface area (Å²) in [7, 11) is 0. The van der Waals surface area contributed by atoms with E-state index in [1.165, 1.54) is 4.68 Å². The quantitative estimate of drug-likeness (QED) is 0.776. The number of carbonyl (C=O) groups excluding carboxylic acids is 1. The van der Waals surface area contributed by atoms with Gasteiger partial charge in [-0.05, 0) is 61.7 Å². The number of nitrogens with zero attached hydrogens (tertiary/aromatic N) is 3. The van der Waals surface area contributed by atoms with Gasteiger partial charge in [0.05, 0.1) is 5.69 Å². The van der Waals surface area contributed by atoms with Crippen LogP contribution in [0.5, 0.6) is 0 Å². The Morgan fingerprint density at radius 2 is 1.88 bits per heavy atom. The van der Waals surface area contributed by atoms with E-state index in [-0.39, 0.29) is 17.4 Å². The molecule has 0 aliphatic carbocycles. The summed E-state index contributed by atoms with van der Waals surface area (Å²) in [6.07, 6.45) is 0. The molecular formula is C18H19N5O. The number of aromatic nitrogens is 3. The lowest BCUT2D eigenvalue weighted by molar-refractivity contribution is 0.102. The first-order valence-electron chi connectivity index (χ1n) is 7.62. The van der Waals surface area contributed by atoms with E-state index >= 15 is 0 Å². The van der Waals surface area contributed by atoms with Gasteiger partial charge in [-0.2, -0.15) is 4.68 Å². The molecule has 0 radical (unpaired) electrons. The van der Waals surface area contributed by atoms with Crippen molar-refractivity contribution in [2.24, 2.45) is 0 Å². The highest BCUT2D eigenvalue weighted by Crippen LogP contribution is 2.19. The molecule has 0 saturated carbocycles. The van der Waals surface area contributed by atoms with Crippen LogP contribution in [0.1, 0.15) is 27.2 Å². The Balaban J connectivity index is 1.87. The summed E-state index contributed by atoms with van der Waals surface area (Å²) in [6.45, 7) is 5.99. The highest BCUT2D eigenvalue weighted by Gasteiger charge is 2.18. The van der Waals surface area contributed by atoms with Gasteiger partial charge in [0.2, 0.25) is 0 Å². The Hall–Kier alpha value is -3.15. The molecule has 1 heterocycles. The van der Waals surface area contributed by atoms with Crippen molar-refractivity contribution >= 4 is 17.4 Å². The maximum Gasteiger partial charge on any atom is 0.280 e. The van der Waals surface area contributed by atoms with Crippen LogP contribution >= 0.6 is 0 Å². The number of nitrogens with one attached hydrogen (secondary N) is 1. The fourth-order valence-electron chi connectivity index (χ4n) is 2.41. The van der Waals surface area contributed by atoms with Gasteiger partial charge in [0, 0.05) is 5.69 Å². The number of hydrogen-bond acceptors (Lipinski definition) is 4. The van der Waals surface area contributed by atoms with Crippen molar-refractivity contribution in [3.8, 4) is 5.69 Å². The molecule has 1 amide bonds. The number of carbonyl (C=O) groups is 1. The molecule has 0 fully saturated rings. The number of rotatable bonds is 3. The maximum atomic E-state index is 12.4. The topological polar surface area (TPSA) is 85.8 Å². The van der Waals surface area contributed by atoms with Crippen molar-refractivity contribution in [3.63, 3.8) is 0 Å². The second-order valence-corrected chi connectivity index (χ2v) is 5.83. The van der Waals surface area contributed by atoms with Crippen LogP contribution < -0.4 is 11.1 Å². The molecule has 0 spiro atoms. The summed E-state index contributed by atoms with van der Waals surface area (Å²) in [5, 5.41) is 10.7. The lowest BCUT2D eigenvalue weighted by Crippen LogP contribution is -2.15. The standard InChI is InChI=1S/C18H19N5O/c1-11-5-4-6-15(9-11)23-17(19)16(21-22-23)18(24)20-14-8-7-12(2)13(3)10-14/h4-10H,19H2,1-3H3,(H,20,24). The first-order chi connectivity index (χ1) is 11.5. The summed E-state index contributed by atoms with van der Waals surface area (Å²) in [6, 6.07) is 13.4. The molecule has 6 nitrogen and oxygen atoms in total. The van der Waals surface area contributed by atoms with Gasteiger partial charge < -0.3 is 11.1 Å². The van der Waals surface area contributed by atoms with Crippen molar-refractivity contribution in [2.75, 3.05) is 11.1 Å². The molecule has 3 rings (SSSR count). The fourth-order valence-corrected chi connectivity index (χ4v) is 2.41. The Morgan fingerprint density at radius 1 is 1.08 bits per heavy atom. The van der Waals surface area contributed by atoms with Crippen molar-refractivity contribution in [2.45, 2.75) is 20.8 Å². The normalized spacial score (nSPS) is 10.6. The fraction of sp³-hybridized carbons (Fsp3) is 0.167. The number of hydrogen-bond donors (Lipinski definition) is 2. The number of amides is 1. The molecule has 3 aromatic rings. The average Bonchev–Trinajstić information content (AvgIpc) is 2.93. The van der Waals surface area contributed by atoms with E-state index in [2.05, 4.69) is 15.6 Å². The van der Waals surface area contributed by atoms with Crippen LogP contribution in [0, 0.1) is 20.8 Å². The van der Waals surface area contributed by atoms with Gasteiger partial charge in [-0.1, -0.05) is 23.4 Å². The smallest absolute Gasteiger partial charge is 0.280 e. The molecular weight excluding hydrogens is 302 g/mol. The van der Waals surface area contributed by atoms with E-state index in [0.29, 0.717) is 5.69 Å². The number of benzene rings is 2. The zero-order valence-corrected chi connectivity index (χ0v) is 13.9. The Kier molecular flexibility index (Phi) is 4.04. The molecule has 3 N–H and O–H groups in total. The van der Waals surface area contributed by atoms with E-state index in [1.807, 2.05) is 63.2 Å². The molecule has 24 heavy (non-hydrogen) atoms. The molecule has 0 aliphatic rings. The monoisotopic (exact) mass is 321 g/mol. The van der Waals surface area contributed by atoms with E-state index < -0.39 is 0 Å². The summed E-state index contributed by atoms with van der Waals surface area (Å²) < 4.78 is 1.46. The molecule has 122 valence electrons. The van der Waals surface area contributed by atoms with Crippen LogP contribution in [0.3, 0.4) is 0 Å². The van der Waals surface area contributed by atoms with Crippen LogP contribution in [0.2, 0.25) is 0 Å². The first-order valence-corrected chi connectivity index (χ1v) is 7.62. The first kappa shape index (κ1) is 15.7. The molecule has 0 saturated heterocycles. The number of aryl methyl sites for hydroxylation is 3. The number of anilines is 2. The molecule has 0 unspecified atom stereocenters. The third-order valence-corrected chi connectivity index (χ3v) is 3.93. The van der Waals surface area contributed by atoms with Crippen LogP contribution in [0.15, 0.2) is 42.5 Å². The maximum absolute atomic E-state index is 12.4.